The molecule has 2 aliphatic carbocycles. The number of para-hydroxylation sites is 1. The van der Waals surface area contributed by atoms with Crippen molar-refractivity contribution in [3.63, 3.8) is 0 Å². The van der Waals surface area contributed by atoms with Crippen LogP contribution >= 0.6 is 0 Å². The zero-order chi connectivity index (χ0) is 13.6. The Balaban J connectivity index is 1.80. The van der Waals surface area contributed by atoms with Crippen molar-refractivity contribution in [2.24, 2.45) is 17.8 Å². The lowest BCUT2D eigenvalue weighted by Gasteiger charge is -2.23. The molecule has 2 aliphatic rings. The Bertz CT molecular complexity index is 484. The second-order valence-electron chi connectivity index (χ2n) is 6.40. The molecule has 102 valence electrons. The van der Waals surface area contributed by atoms with Crippen molar-refractivity contribution < 1.29 is 4.79 Å². The highest BCUT2D eigenvalue weighted by molar-refractivity contribution is 5.97. The summed E-state index contributed by atoms with van der Waals surface area (Å²) in [4.78, 5) is 14.5. The summed E-state index contributed by atoms with van der Waals surface area (Å²) >= 11 is 0. The highest BCUT2D eigenvalue weighted by Gasteiger charge is 2.57. The van der Waals surface area contributed by atoms with Gasteiger partial charge in [-0.3, -0.25) is 4.79 Å². The summed E-state index contributed by atoms with van der Waals surface area (Å²) in [7, 11) is 1.94. The van der Waals surface area contributed by atoms with E-state index in [9.17, 15) is 4.79 Å². The molecule has 1 aromatic carbocycles. The second kappa shape index (κ2) is 4.66. The van der Waals surface area contributed by atoms with Crippen LogP contribution in [0.1, 0.15) is 44.6 Å². The van der Waals surface area contributed by atoms with Gasteiger partial charge in [0.1, 0.15) is 0 Å². The molecule has 0 aliphatic heterocycles. The average molecular weight is 257 g/mol. The van der Waals surface area contributed by atoms with Gasteiger partial charge < -0.3 is 4.90 Å². The first-order valence-electron chi connectivity index (χ1n) is 7.47. The summed E-state index contributed by atoms with van der Waals surface area (Å²) < 4.78 is 0. The smallest absolute Gasteiger partial charge is 0.230 e. The standard InChI is InChI=1S/C17H23NO/c1-11(2)12-7-4-5-10-15(12)18(3)17(19)16-13-8-6-9-14(13)16/h4-5,7,10-11,13-14,16H,6,8-9H2,1-3H3. The first kappa shape index (κ1) is 12.7. The van der Waals surface area contributed by atoms with Gasteiger partial charge in [0.25, 0.3) is 0 Å². The molecule has 0 bridgehead atoms. The topological polar surface area (TPSA) is 20.3 Å². The first-order valence-corrected chi connectivity index (χ1v) is 7.47. The SMILES string of the molecule is CC(C)c1ccccc1N(C)C(=O)C1C2CCCC21. The summed E-state index contributed by atoms with van der Waals surface area (Å²) in [5.41, 5.74) is 2.36. The van der Waals surface area contributed by atoms with E-state index < -0.39 is 0 Å². The molecule has 0 radical (unpaired) electrons. The number of hydrogen-bond acceptors (Lipinski definition) is 1. The third-order valence-corrected chi connectivity index (χ3v) is 4.94. The van der Waals surface area contributed by atoms with Crippen molar-refractivity contribution in [2.75, 3.05) is 11.9 Å². The van der Waals surface area contributed by atoms with E-state index >= 15 is 0 Å². The van der Waals surface area contributed by atoms with E-state index in [1.165, 1.54) is 24.8 Å². The summed E-state index contributed by atoms with van der Waals surface area (Å²) in [5.74, 6) is 2.49. The predicted octanol–water partition coefficient (Wildman–Crippen LogP) is 3.82. The number of hydrogen-bond donors (Lipinski definition) is 0. The van der Waals surface area contributed by atoms with E-state index in [0.29, 0.717) is 29.6 Å². The summed E-state index contributed by atoms with van der Waals surface area (Å²) in [6.45, 7) is 4.37. The molecule has 1 amide bonds. The number of rotatable bonds is 3. The maximum Gasteiger partial charge on any atom is 0.230 e. The van der Waals surface area contributed by atoms with Crippen LogP contribution in [0.15, 0.2) is 24.3 Å². The van der Waals surface area contributed by atoms with Crippen LogP contribution in [0.4, 0.5) is 5.69 Å². The Kier molecular flexibility index (Phi) is 3.12. The third-order valence-electron chi connectivity index (χ3n) is 4.94. The summed E-state index contributed by atoms with van der Waals surface area (Å²) in [6, 6.07) is 8.30. The Labute approximate surface area is 115 Å². The number of amides is 1. The molecule has 3 rings (SSSR count). The van der Waals surface area contributed by atoms with Gasteiger partial charge in [-0.25, -0.2) is 0 Å². The van der Waals surface area contributed by atoms with E-state index in [-0.39, 0.29) is 0 Å². The van der Waals surface area contributed by atoms with E-state index in [1.807, 2.05) is 18.0 Å². The van der Waals surface area contributed by atoms with Crippen LogP contribution in [-0.4, -0.2) is 13.0 Å². The summed E-state index contributed by atoms with van der Waals surface area (Å²) in [6.07, 6.45) is 3.85. The minimum atomic E-state index is 0.318. The van der Waals surface area contributed by atoms with Gasteiger partial charge >= 0.3 is 0 Å². The molecule has 0 saturated heterocycles. The normalized spacial score (nSPS) is 28.3. The zero-order valence-corrected chi connectivity index (χ0v) is 12.1. The highest BCUT2D eigenvalue weighted by atomic mass is 16.2. The van der Waals surface area contributed by atoms with Gasteiger partial charge in [-0.05, 0) is 42.2 Å². The molecule has 2 heteroatoms. The Morgan fingerprint density at radius 3 is 2.47 bits per heavy atom. The van der Waals surface area contributed by atoms with Crippen molar-refractivity contribution in [1.29, 1.82) is 0 Å². The molecule has 2 atom stereocenters. The number of carbonyl (C=O) groups is 1. The fourth-order valence-corrected chi connectivity index (χ4v) is 3.81. The maximum absolute atomic E-state index is 12.6. The van der Waals surface area contributed by atoms with Crippen LogP contribution in [0.25, 0.3) is 0 Å². The van der Waals surface area contributed by atoms with Crippen molar-refractivity contribution in [1.82, 2.24) is 0 Å². The minimum Gasteiger partial charge on any atom is -0.315 e. The molecule has 2 nitrogen and oxygen atoms in total. The maximum atomic E-state index is 12.6. The van der Waals surface area contributed by atoms with E-state index in [0.717, 1.165) is 5.69 Å². The zero-order valence-electron chi connectivity index (χ0n) is 12.1. The molecular formula is C17H23NO. The van der Waals surface area contributed by atoms with Crippen LogP contribution in [0.2, 0.25) is 0 Å². The highest BCUT2D eigenvalue weighted by Crippen LogP contribution is 2.58. The average Bonchev–Trinajstić information content (AvgIpc) is 2.89. The Hall–Kier alpha value is -1.31. The van der Waals surface area contributed by atoms with Crippen molar-refractivity contribution in [3.05, 3.63) is 29.8 Å². The fraction of sp³-hybridized carbons (Fsp3) is 0.588. The Morgan fingerprint density at radius 1 is 1.21 bits per heavy atom. The van der Waals surface area contributed by atoms with E-state index in [4.69, 9.17) is 0 Å². The van der Waals surface area contributed by atoms with Gasteiger partial charge in [-0.1, -0.05) is 38.5 Å². The van der Waals surface area contributed by atoms with Crippen molar-refractivity contribution >= 4 is 11.6 Å². The number of nitrogens with zero attached hydrogens (tertiary/aromatic N) is 1. The van der Waals surface area contributed by atoms with Crippen LogP contribution in [-0.2, 0) is 4.79 Å². The number of benzene rings is 1. The third kappa shape index (κ3) is 2.07. The van der Waals surface area contributed by atoms with Gasteiger partial charge in [0, 0.05) is 18.7 Å². The summed E-state index contributed by atoms with van der Waals surface area (Å²) in [5, 5.41) is 0. The molecule has 0 spiro atoms. The molecule has 19 heavy (non-hydrogen) atoms. The lowest BCUT2D eigenvalue weighted by Crippen LogP contribution is -2.30. The van der Waals surface area contributed by atoms with E-state index in [2.05, 4.69) is 32.0 Å². The van der Waals surface area contributed by atoms with Crippen LogP contribution in [0.5, 0.6) is 0 Å². The van der Waals surface area contributed by atoms with Gasteiger partial charge in [0.05, 0.1) is 0 Å². The molecule has 0 aromatic heterocycles. The van der Waals surface area contributed by atoms with Crippen LogP contribution in [0, 0.1) is 17.8 Å². The second-order valence-corrected chi connectivity index (χ2v) is 6.40. The first-order chi connectivity index (χ1) is 9.11. The van der Waals surface area contributed by atoms with Gasteiger partial charge in [-0.2, -0.15) is 0 Å². The van der Waals surface area contributed by atoms with Crippen molar-refractivity contribution in [3.8, 4) is 0 Å². The molecular weight excluding hydrogens is 234 g/mol. The van der Waals surface area contributed by atoms with Gasteiger partial charge in [-0.15, -0.1) is 0 Å². The quantitative estimate of drug-likeness (QED) is 0.806. The van der Waals surface area contributed by atoms with Crippen LogP contribution in [0.3, 0.4) is 0 Å². The molecule has 1 aromatic rings. The molecule has 0 N–H and O–H groups in total. The number of fused-ring (bicyclic) bond motifs is 1. The van der Waals surface area contributed by atoms with Crippen molar-refractivity contribution in [2.45, 2.75) is 39.0 Å². The molecule has 2 unspecified atom stereocenters. The van der Waals surface area contributed by atoms with Gasteiger partial charge in [0.2, 0.25) is 5.91 Å². The Morgan fingerprint density at radius 2 is 1.84 bits per heavy atom. The predicted molar refractivity (Wildman–Crippen MR) is 78.3 cm³/mol. The lowest BCUT2D eigenvalue weighted by atomic mass is 10.00. The largest absolute Gasteiger partial charge is 0.315 e. The monoisotopic (exact) mass is 257 g/mol. The number of anilines is 1. The number of carbonyl (C=O) groups excluding carboxylic acids is 1. The molecule has 0 heterocycles. The fourth-order valence-electron chi connectivity index (χ4n) is 3.81. The van der Waals surface area contributed by atoms with E-state index in [1.54, 1.807) is 0 Å². The minimum absolute atomic E-state index is 0.318. The van der Waals surface area contributed by atoms with Gasteiger partial charge in [0.15, 0.2) is 0 Å². The lowest BCUT2D eigenvalue weighted by molar-refractivity contribution is -0.120. The molecule has 2 saturated carbocycles. The molecule has 2 fully saturated rings. The van der Waals surface area contributed by atoms with Crippen LogP contribution < -0.4 is 4.90 Å².